The lowest BCUT2D eigenvalue weighted by atomic mass is 9.81. The molecule has 0 radical (unpaired) electrons. The molecule has 1 N–H and O–H groups in total. The third-order valence-electron chi connectivity index (χ3n) is 3.43. The van der Waals surface area contributed by atoms with Crippen LogP contribution in [-0.2, 0) is 6.42 Å². The predicted molar refractivity (Wildman–Crippen MR) is 72.1 cm³/mol. The Balaban J connectivity index is 1.89. The van der Waals surface area contributed by atoms with Crippen molar-refractivity contribution in [2.24, 2.45) is 5.41 Å². The highest BCUT2D eigenvalue weighted by Gasteiger charge is 2.28. The molecule has 1 unspecified atom stereocenters. The second kappa shape index (κ2) is 5.33. The number of thiophene rings is 1. The fourth-order valence-electron chi connectivity index (χ4n) is 2.35. The quantitative estimate of drug-likeness (QED) is 0.759. The molecule has 1 saturated carbocycles. The maximum atomic E-state index is 3.70. The van der Waals surface area contributed by atoms with E-state index in [0.717, 1.165) is 6.04 Å². The van der Waals surface area contributed by atoms with Crippen molar-refractivity contribution in [1.82, 2.24) is 5.32 Å². The van der Waals surface area contributed by atoms with Crippen LogP contribution in [-0.4, -0.2) is 12.6 Å². The topological polar surface area (TPSA) is 12.0 Å². The van der Waals surface area contributed by atoms with Crippen molar-refractivity contribution in [3.63, 3.8) is 0 Å². The summed E-state index contributed by atoms with van der Waals surface area (Å²) >= 11 is 1.90. The summed E-state index contributed by atoms with van der Waals surface area (Å²) in [6.07, 6.45) is 6.62. The molecule has 16 heavy (non-hydrogen) atoms. The highest BCUT2D eigenvalue weighted by molar-refractivity contribution is 7.09. The van der Waals surface area contributed by atoms with Gasteiger partial charge in [-0.15, -0.1) is 11.3 Å². The fourth-order valence-corrected chi connectivity index (χ4v) is 3.28. The summed E-state index contributed by atoms with van der Waals surface area (Å²) in [5.41, 5.74) is 0.447. The Hall–Kier alpha value is -0.340. The smallest absolute Gasteiger partial charge is 0.00684 e. The predicted octanol–water partition coefficient (Wildman–Crippen LogP) is 3.85. The molecule has 2 rings (SSSR count). The molecule has 1 aliphatic carbocycles. The van der Waals surface area contributed by atoms with Crippen LogP contribution in [0.3, 0.4) is 0 Å². The minimum absolute atomic E-state index is 0.447. The van der Waals surface area contributed by atoms with Gasteiger partial charge in [-0.3, -0.25) is 0 Å². The molecule has 1 heterocycles. The Labute approximate surface area is 103 Å². The molecule has 2 heteroatoms. The van der Waals surface area contributed by atoms with Crippen LogP contribution < -0.4 is 5.32 Å². The van der Waals surface area contributed by atoms with Gasteiger partial charge in [0.15, 0.2) is 0 Å². The summed E-state index contributed by atoms with van der Waals surface area (Å²) in [5, 5.41) is 5.89. The van der Waals surface area contributed by atoms with E-state index >= 15 is 0 Å². The zero-order chi connectivity index (χ0) is 11.4. The molecule has 0 saturated heterocycles. The lowest BCUT2D eigenvalue weighted by Crippen LogP contribution is -2.34. The van der Waals surface area contributed by atoms with Crippen LogP contribution in [0.4, 0.5) is 0 Å². The normalized spacial score (nSPS) is 19.6. The van der Waals surface area contributed by atoms with Gasteiger partial charge in [-0.25, -0.2) is 0 Å². The number of hydrogen-bond acceptors (Lipinski definition) is 2. The molecule has 0 amide bonds. The van der Waals surface area contributed by atoms with Gasteiger partial charge < -0.3 is 5.32 Å². The Morgan fingerprint density at radius 2 is 2.31 bits per heavy atom. The van der Waals surface area contributed by atoms with Crippen LogP contribution in [0.5, 0.6) is 0 Å². The lowest BCUT2D eigenvalue weighted by molar-refractivity contribution is 0.276. The van der Waals surface area contributed by atoms with E-state index in [4.69, 9.17) is 0 Å². The lowest BCUT2D eigenvalue weighted by Gasteiger charge is -2.29. The van der Waals surface area contributed by atoms with Crippen molar-refractivity contribution in [2.45, 2.75) is 52.0 Å². The highest BCUT2D eigenvalue weighted by atomic mass is 32.1. The Bertz CT molecular complexity index is 303. The molecule has 0 spiro atoms. The first-order valence-electron chi connectivity index (χ1n) is 6.48. The van der Waals surface area contributed by atoms with Gasteiger partial charge in [0.2, 0.25) is 0 Å². The fraction of sp³-hybridized carbons (Fsp3) is 0.714. The molecule has 1 aromatic rings. The van der Waals surface area contributed by atoms with E-state index in [9.17, 15) is 0 Å². The van der Waals surface area contributed by atoms with Crippen LogP contribution in [0.15, 0.2) is 17.5 Å². The van der Waals surface area contributed by atoms with Crippen LogP contribution in [0.1, 0.15) is 44.4 Å². The second-order valence-electron chi connectivity index (χ2n) is 5.47. The average molecular weight is 237 g/mol. The van der Waals surface area contributed by atoms with Crippen LogP contribution >= 0.6 is 11.3 Å². The monoisotopic (exact) mass is 237 g/mol. The maximum absolute atomic E-state index is 3.70. The Morgan fingerprint density at radius 1 is 1.50 bits per heavy atom. The van der Waals surface area contributed by atoms with Crippen LogP contribution in [0, 0.1) is 5.41 Å². The number of nitrogens with one attached hydrogen (secondary N) is 1. The second-order valence-corrected chi connectivity index (χ2v) is 6.50. The first kappa shape index (κ1) is 12.1. The van der Waals surface area contributed by atoms with Crippen LogP contribution in [0.2, 0.25) is 0 Å². The molecule has 1 aromatic heterocycles. The third-order valence-corrected chi connectivity index (χ3v) is 4.31. The van der Waals surface area contributed by atoms with Gasteiger partial charge in [-0.2, -0.15) is 0 Å². The van der Waals surface area contributed by atoms with Gasteiger partial charge >= 0.3 is 0 Å². The summed E-state index contributed by atoms with van der Waals surface area (Å²) in [5.74, 6) is 0. The third kappa shape index (κ3) is 3.60. The maximum Gasteiger partial charge on any atom is 0.00684 e. The van der Waals surface area contributed by atoms with Crippen molar-refractivity contribution in [2.75, 3.05) is 6.54 Å². The van der Waals surface area contributed by atoms with Gasteiger partial charge in [0.1, 0.15) is 0 Å². The molecular weight excluding hydrogens is 214 g/mol. The molecule has 0 aliphatic heterocycles. The van der Waals surface area contributed by atoms with Gasteiger partial charge in [0, 0.05) is 17.5 Å². The van der Waals surface area contributed by atoms with Crippen molar-refractivity contribution in [1.29, 1.82) is 0 Å². The van der Waals surface area contributed by atoms with Crippen molar-refractivity contribution in [3.8, 4) is 0 Å². The average Bonchev–Trinajstić information content (AvgIpc) is 2.95. The zero-order valence-electron chi connectivity index (χ0n) is 10.5. The summed E-state index contributed by atoms with van der Waals surface area (Å²) in [6.45, 7) is 5.92. The minimum Gasteiger partial charge on any atom is -0.313 e. The van der Waals surface area contributed by atoms with Gasteiger partial charge in [-0.05, 0) is 42.5 Å². The van der Waals surface area contributed by atoms with E-state index in [-0.39, 0.29) is 0 Å². The first-order valence-corrected chi connectivity index (χ1v) is 7.35. The van der Waals surface area contributed by atoms with Crippen molar-refractivity contribution >= 4 is 11.3 Å². The minimum atomic E-state index is 0.447. The van der Waals surface area contributed by atoms with E-state index in [1.165, 1.54) is 43.5 Å². The molecule has 90 valence electrons. The number of hydrogen-bond donors (Lipinski definition) is 1. The Morgan fingerprint density at radius 3 is 2.88 bits per heavy atom. The Kier molecular flexibility index (Phi) is 4.04. The van der Waals surface area contributed by atoms with E-state index in [2.05, 4.69) is 36.7 Å². The van der Waals surface area contributed by atoms with E-state index < -0.39 is 0 Å². The molecule has 1 aliphatic rings. The van der Waals surface area contributed by atoms with E-state index in [1.54, 1.807) is 0 Å². The van der Waals surface area contributed by atoms with Crippen LogP contribution in [0.25, 0.3) is 0 Å². The standard InChI is InChI=1S/C14H23NS/c1-3-8-14(2,11-15-12-6-7-12)10-13-5-4-9-16-13/h4-5,9,12,15H,3,6-8,10-11H2,1-2H3. The summed E-state index contributed by atoms with van der Waals surface area (Å²) in [4.78, 5) is 1.54. The summed E-state index contributed by atoms with van der Waals surface area (Å²) < 4.78 is 0. The van der Waals surface area contributed by atoms with Crippen molar-refractivity contribution < 1.29 is 0 Å². The van der Waals surface area contributed by atoms with Gasteiger partial charge in [-0.1, -0.05) is 26.3 Å². The largest absolute Gasteiger partial charge is 0.313 e. The van der Waals surface area contributed by atoms with Crippen molar-refractivity contribution in [3.05, 3.63) is 22.4 Å². The number of rotatable bonds is 7. The molecular formula is C14H23NS. The molecule has 0 aromatic carbocycles. The van der Waals surface area contributed by atoms with Gasteiger partial charge in [0.25, 0.3) is 0 Å². The molecule has 0 bridgehead atoms. The highest BCUT2D eigenvalue weighted by Crippen LogP contribution is 2.31. The summed E-state index contributed by atoms with van der Waals surface area (Å²) in [6, 6.07) is 5.27. The molecule has 1 nitrogen and oxygen atoms in total. The molecule has 1 fully saturated rings. The molecule has 1 atom stereocenters. The zero-order valence-corrected chi connectivity index (χ0v) is 11.3. The summed E-state index contributed by atoms with van der Waals surface area (Å²) in [7, 11) is 0. The van der Waals surface area contributed by atoms with E-state index in [1.807, 2.05) is 11.3 Å². The van der Waals surface area contributed by atoms with Gasteiger partial charge in [0.05, 0.1) is 0 Å². The SMILES string of the molecule is CCCC(C)(CNC1CC1)Cc1cccs1. The first-order chi connectivity index (χ1) is 7.72. The van der Waals surface area contributed by atoms with E-state index in [0.29, 0.717) is 5.41 Å².